The van der Waals surface area contributed by atoms with Crippen molar-refractivity contribution in [3.8, 4) is 0 Å². The van der Waals surface area contributed by atoms with Gasteiger partial charge in [0.1, 0.15) is 5.76 Å². The molecule has 1 aromatic carbocycles. The average Bonchev–Trinajstić information content (AvgIpc) is 2.82. The maximum Gasteiger partial charge on any atom is 0.117 e. The summed E-state index contributed by atoms with van der Waals surface area (Å²) >= 11 is 0. The first-order chi connectivity index (χ1) is 8.81. The van der Waals surface area contributed by atoms with Crippen molar-refractivity contribution in [3.05, 3.63) is 59.5 Å². The van der Waals surface area contributed by atoms with Crippen LogP contribution in [-0.4, -0.2) is 6.04 Å². The molecule has 94 valence electrons. The van der Waals surface area contributed by atoms with Crippen LogP contribution in [0, 0.1) is 6.92 Å². The molecule has 1 N–H and O–H groups in total. The molecule has 2 aromatic rings. The number of benzene rings is 1. The molecular formula is C16H19NO. The number of nitrogens with one attached hydrogen (secondary N) is 1. The van der Waals surface area contributed by atoms with E-state index in [0.29, 0.717) is 6.04 Å². The Morgan fingerprint density at radius 1 is 1.17 bits per heavy atom. The van der Waals surface area contributed by atoms with Gasteiger partial charge in [-0.3, -0.25) is 0 Å². The van der Waals surface area contributed by atoms with Crippen LogP contribution < -0.4 is 5.32 Å². The summed E-state index contributed by atoms with van der Waals surface area (Å²) in [6, 6.07) is 13.5. The molecule has 0 aliphatic heterocycles. The Kier molecular flexibility index (Phi) is 3.20. The third-order valence-electron chi connectivity index (χ3n) is 3.83. The van der Waals surface area contributed by atoms with Gasteiger partial charge in [-0.2, -0.15) is 0 Å². The molecule has 0 unspecified atom stereocenters. The standard InChI is InChI=1S/C16H19NO/c1-12-4-6-13(7-5-12)14-9-15(10-14)17-11-16-3-2-8-18-16/h2-8,14-15,17H,9-11H2,1H3. The van der Waals surface area contributed by atoms with Gasteiger partial charge in [0.25, 0.3) is 0 Å². The van der Waals surface area contributed by atoms with E-state index < -0.39 is 0 Å². The van der Waals surface area contributed by atoms with Crippen molar-refractivity contribution in [2.45, 2.75) is 38.3 Å². The molecule has 0 radical (unpaired) electrons. The summed E-state index contributed by atoms with van der Waals surface area (Å²) in [6.45, 7) is 2.98. The predicted octanol–water partition coefficient (Wildman–Crippen LogP) is 3.62. The van der Waals surface area contributed by atoms with Gasteiger partial charge >= 0.3 is 0 Å². The highest BCUT2D eigenvalue weighted by Gasteiger charge is 2.29. The Labute approximate surface area is 108 Å². The van der Waals surface area contributed by atoms with Crippen molar-refractivity contribution in [2.75, 3.05) is 0 Å². The van der Waals surface area contributed by atoms with Gasteiger partial charge in [0.15, 0.2) is 0 Å². The Bertz CT molecular complexity index is 480. The van der Waals surface area contributed by atoms with Crippen LogP contribution in [0.3, 0.4) is 0 Å². The molecule has 2 heteroatoms. The second-order valence-corrected chi connectivity index (χ2v) is 5.24. The normalized spacial score (nSPS) is 22.7. The molecule has 1 aromatic heterocycles. The van der Waals surface area contributed by atoms with E-state index in [2.05, 4.69) is 36.5 Å². The summed E-state index contributed by atoms with van der Waals surface area (Å²) in [4.78, 5) is 0. The lowest BCUT2D eigenvalue weighted by atomic mass is 9.76. The molecule has 1 aliphatic rings. The zero-order valence-electron chi connectivity index (χ0n) is 10.7. The van der Waals surface area contributed by atoms with Gasteiger partial charge in [-0.15, -0.1) is 0 Å². The number of aryl methyl sites for hydroxylation is 1. The molecule has 1 fully saturated rings. The number of hydrogen-bond donors (Lipinski definition) is 1. The zero-order valence-corrected chi connectivity index (χ0v) is 10.7. The van der Waals surface area contributed by atoms with E-state index in [4.69, 9.17) is 4.42 Å². The summed E-state index contributed by atoms with van der Waals surface area (Å²) in [5, 5.41) is 3.54. The fourth-order valence-corrected chi connectivity index (χ4v) is 2.55. The highest BCUT2D eigenvalue weighted by atomic mass is 16.3. The first kappa shape index (κ1) is 11.5. The van der Waals surface area contributed by atoms with Crippen molar-refractivity contribution in [3.63, 3.8) is 0 Å². The molecule has 1 saturated carbocycles. The summed E-state index contributed by atoms with van der Waals surface area (Å²) < 4.78 is 5.31. The van der Waals surface area contributed by atoms with Crippen LogP contribution in [0.2, 0.25) is 0 Å². The predicted molar refractivity (Wildman–Crippen MR) is 72.5 cm³/mol. The van der Waals surface area contributed by atoms with Crippen LogP contribution in [0.25, 0.3) is 0 Å². The van der Waals surface area contributed by atoms with E-state index in [-0.39, 0.29) is 0 Å². The Morgan fingerprint density at radius 3 is 2.61 bits per heavy atom. The van der Waals surface area contributed by atoms with Crippen LogP contribution in [0.15, 0.2) is 47.1 Å². The monoisotopic (exact) mass is 241 g/mol. The lowest BCUT2D eigenvalue weighted by molar-refractivity contribution is 0.281. The Morgan fingerprint density at radius 2 is 1.94 bits per heavy atom. The van der Waals surface area contributed by atoms with Crippen LogP contribution in [0.4, 0.5) is 0 Å². The van der Waals surface area contributed by atoms with E-state index in [1.807, 2.05) is 12.1 Å². The molecule has 0 bridgehead atoms. The summed E-state index contributed by atoms with van der Waals surface area (Å²) in [6.07, 6.45) is 4.21. The first-order valence-corrected chi connectivity index (χ1v) is 6.63. The number of hydrogen-bond acceptors (Lipinski definition) is 2. The van der Waals surface area contributed by atoms with Gasteiger partial charge in [0.2, 0.25) is 0 Å². The largest absolute Gasteiger partial charge is 0.468 e. The molecule has 0 amide bonds. The van der Waals surface area contributed by atoms with Crippen molar-refractivity contribution in [1.29, 1.82) is 0 Å². The third-order valence-corrected chi connectivity index (χ3v) is 3.83. The first-order valence-electron chi connectivity index (χ1n) is 6.63. The minimum Gasteiger partial charge on any atom is -0.468 e. The molecule has 2 nitrogen and oxygen atoms in total. The van der Waals surface area contributed by atoms with Gasteiger partial charge in [0.05, 0.1) is 12.8 Å². The molecule has 1 heterocycles. The summed E-state index contributed by atoms with van der Waals surface area (Å²) in [5.41, 5.74) is 2.82. The van der Waals surface area contributed by atoms with Crippen molar-refractivity contribution >= 4 is 0 Å². The fraction of sp³-hybridized carbons (Fsp3) is 0.375. The lowest BCUT2D eigenvalue weighted by Gasteiger charge is -2.36. The van der Waals surface area contributed by atoms with E-state index >= 15 is 0 Å². The van der Waals surface area contributed by atoms with Crippen molar-refractivity contribution in [2.24, 2.45) is 0 Å². The van der Waals surface area contributed by atoms with Gasteiger partial charge < -0.3 is 9.73 Å². The maximum absolute atomic E-state index is 5.31. The van der Waals surface area contributed by atoms with E-state index in [0.717, 1.165) is 18.2 Å². The SMILES string of the molecule is Cc1ccc(C2CC(NCc3ccco3)C2)cc1. The molecule has 3 rings (SSSR count). The molecule has 0 spiro atoms. The molecule has 0 atom stereocenters. The lowest BCUT2D eigenvalue weighted by Crippen LogP contribution is -2.39. The van der Waals surface area contributed by atoms with Gasteiger partial charge in [-0.25, -0.2) is 0 Å². The molecule has 0 saturated heterocycles. The summed E-state index contributed by atoms with van der Waals surface area (Å²) in [5.74, 6) is 1.76. The average molecular weight is 241 g/mol. The van der Waals surface area contributed by atoms with Crippen molar-refractivity contribution in [1.82, 2.24) is 5.32 Å². The van der Waals surface area contributed by atoms with Gasteiger partial charge in [-0.05, 0) is 43.4 Å². The zero-order chi connectivity index (χ0) is 12.4. The van der Waals surface area contributed by atoms with Gasteiger partial charge in [0, 0.05) is 6.04 Å². The number of rotatable bonds is 4. The molecule has 1 aliphatic carbocycles. The highest BCUT2D eigenvalue weighted by molar-refractivity contribution is 5.26. The second-order valence-electron chi connectivity index (χ2n) is 5.24. The van der Waals surface area contributed by atoms with Crippen LogP contribution in [0.1, 0.15) is 35.6 Å². The van der Waals surface area contributed by atoms with Crippen molar-refractivity contribution < 1.29 is 4.42 Å². The van der Waals surface area contributed by atoms with E-state index in [1.54, 1.807) is 6.26 Å². The third kappa shape index (κ3) is 2.49. The highest BCUT2D eigenvalue weighted by Crippen LogP contribution is 2.36. The maximum atomic E-state index is 5.31. The minimum absolute atomic E-state index is 0.640. The smallest absolute Gasteiger partial charge is 0.117 e. The second kappa shape index (κ2) is 4.99. The summed E-state index contributed by atoms with van der Waals surface area (Å²) in [7, 11) is 0. The minimum atomic E-state index is 0.640. The van der Waals surface area contributed by atoms with Crippen LogP contribution in [-0.2, 0) is 6.54 Å². The Balaban J connectivity index is 1.47. The number of furan rings is 1. The topological polar surface area (TPSA) is 25.2 Å². The Hall–Kier alpha value is -1.54. The van der Waals surface area contributed by atoms with Crippen LogP contribution in [0.5, 0.6) is 0 Å². The van der Waals surface area contributed by atoms with Crippen LogP contribution >= 0.6 is 0 Å². The molecule has 18 heavy (non-hydrogen) atoms. The van der Waals surface area contributed by atoms with Gasteiger partial charge in [-0.1, -0.05) is 29.8 Å². The molecular weight excluding hydrogens is 222 g/mol. The quantitative estimate of drug-likeness (QED) is 0.884. The fourth-order valence-electron chi connectivity index (χ4n) is 2.55. The van der Waals surface area contributed by atoms with E-state index in [1.165, 1.54) is 24.0 Å². The van der Waals surface area contributed by atoms with E-state index in [9.17, 15) is 0 Å².